The number of hydrogen-bond donors (Lipinski definition) is 1. The summed E-state index contributed by atoms with van der Waals surface area (Å²) < 4.78 is 14.0. The lowest BCUT2D eigenvalue weighted by Gasteiger charge is -2.12. The molecule has 0 bridgehead atoms. The Morgan fingerprint density at radius 1 is 0.973 bits per heavy atom. The van der Waals surface area contributed by atoms with Crippen molar-refractivity contribution in [3.8, 4) is 11.5 Å². The third kappa shape index (κ3) is 4.57. The van der Waals surface area contributed by atoms with Gasteiger partial charge in [0.15, 0.2) is 0 Å². The highest BCUT2D eigenvalue weighted by molar-refractivity contribution is 5.92. The fraction of sp³-hybridized carbons (Fsp3) is 0.0968. The van der Waals surface area contributed by atoms with Crippen LogP contribution in [0.4, 0.5) is 0 Å². The first kappa shape index (κ1) is 22.6. The number of ether oxygens (including phenoxy) is 2. The first-order chi connectivity index (χ1) is 18.2. The summed E-state index contributed by atoms with van der Waals surface area (Å²) >= 11 is 0. The summed E-state index contributed by atoms with van der Waals surface area (Å²) in [5.74, 6) is 0.539. The topological polar surface area (TPSA) is 73.6 Å². The number of rotatable bonds is 6. The van der Waals surface area contributed by atoms with Gasteiger partial charge in [-0.25, -0.2) is 9.78 Å². The van der Waals surface area contributed by atoms with Gasteiger partial charge < -0.3 is 19.1 Å². The van der Waals surface area contributed by atoms with E-state index in [0.717, 1.165) is 44.6 Å². The van der Waals surface area contributed by atoms with Crippen LogP contribution in [-0.4, -0.2) is 20.6 Å². The molecule has 2 heterocycles. The quantitative estimate of drug-likeness (QED) is 0.302. The third-order valence-corrected chi connectivity index (χ3v) is 6.53. The second-order valence-corrected chi connectivity index (χ2v) is 8.90. The molecule has 0 fully saturated rings. The van der Waals surface area contributed by atoms with Gasteiger partial charge in [0.05, 0.1) is 22.9 Å². The molecule has 6 rings (SSSR count). The van der Waals surface area contributed by atoms with Crippen LogP contribution in [0.2, 0.25) is 0 Å². The smallest absolute Gasteiger partial charge is 0.335 e. The number of para-hydroxylation sites is 1. The molecule has 1 aromatic heterocycles. The molecule has 5 aromatic rings. The number of carboxylic acid groups (broad SMARTS) is 1. The summed E-state index contributed by atoms with van der Waals surface area (Å²) in [5, 5.41) is 9.58. The van der Waals surface area contributed by atoms with Crippen LogP contribution in [0.3, 0.4) is 0 Å². The Balaban J connectivity index is 1.33. The maximum atomic E-state index is 11.7. The molecule has 6 heteroatoms. The van der Waals surface area contributed by atoms with Crippen molar-refractivity contribution >= 4 is 22.6 Å². The van der Waals surface area contributed by atoms with Crippen molar-refractivity contribution in [2.24, 2.45) is 0 Å². The van der Waals surface area contributed by atoms with Gasteiger partial charge in [0.25, 0.3) is 0 Å². The van der Waals surface area contributed by atoms with E-state index in [9.17, 15) is 9.90 Å². The maximum absolute atomic E-state index is 11.7. The van der Waals surface area contributed by atoms with Gasteiger partial charge in [0, 0.05) is 12.1 Å². The SMILES string of the molecule is O=C(O)c1ccc2c(c1)/C(=C/Cn1cnc3cc(COc4ccccc4)ccc31)c1ccccc1CO2. The van der Waals surface area contributed by atoms with Crippen LogP contribution < -0.4 is 9.47 Å². The molecule has 0 unspecified atom stereocenters. The lowest BCUT2D eigenvalue weighted by Crippen LogP contribution is -2.00. The Labute approximate surface area is 214 Å². The van der Waals surface area contributed by atoms with Crippen molar-refractivity contribution in [1.29, 1.82) is 0 Å². The Morgan fingerprint density at radius 2 is 1.81 bits per heavy atom. The molecule has 6 nitrogen and oxygen atoms in total. The Hall–Kier alpha value is -4.84. The second-order valence-electron chi connectivity index (χ2n) is 8.90. The van der Waals surface area contributed by atoms with Crippen LogP contribution >= 0.6 is 0 Å². The van der Waals surface area contributed by atoms with E-state index >= 15 is 0 Å². The highest BCUT2D eigenvalue weighted by atomic mass is 16.5. The van der Waals surface area contributed by atoms with Gasteiger partial charge in [0.2, 0.25) is 0 Å². The number of imidazole rings is 1. The van der Waals surface area contributed by atoms with Crippen LogP contribution in [0.25, 0.3) is 16.6 Å². The molecule has 0 atom stereocenters. The Bertz CT molecular complexity index is 1640. The molecule has 0 radical (unpaired) electrons. The van der Waals surface area contributed by atoms with Crippen molar-refractivity contribution in [3.05, 3.63) is 131 Å². The van der Waals surface area contributed by atoms with Crippen LogP contribution in [0.15, 0.2) is 103 Å². The first-order valence-corrected chi connectivity index (χ1v) is 12.1. The third-order valence-electron chi connectivity index (χ3n) is 6.53. The number of aromatic carboxylic acids is 1. The number of carboxylic acids is 1. The molecule has 0 saturated carbocycles. The standard InChI is InChI=1S/C31H24N2O4/c34-31(35)22-11-13-30-27(17-22)26(25-9-5-4-6-23(25)19-37-30)14-15-33-20-32-28-16-21(10-12-29(28)33)18-36-24-7-2-1-3-8-24/h1-14,16-17,20H,15,18-19H2,(H,34,35)/b26-14+. The molecule has 1 N–H and O–H groups in total. The van der Waals surface area contributed by atoms with E-state index in [1.165, 1.54) is 0 Å². The minimum atomic E-state index is -0.965. The second kappa shape index (κ2) is 9.66. The predicted molar refractivity (Wildman–Crippen MR) is 142 cm³/mol. The zero-order valence-corrected chi connectivity index (χ0v) is 20.0. The molecule has 4 aromatic carbocycles. The lowest BCUT2D eigenvalue weighted by molar-refractivity contribution is 0.0697. The minimum Gasteiger partial charge on any atom is -0.489 e. The van der Waals surface area contributed by atoms with Gasteiger partial charge in [-0.1, -0.05) is 54.6 Å². The summed E-state index contributed by atoms with van der Waals surface area (Å²) in [7, 11) is 0. The molecule has 1 aliphatic rings. The van der Waals surface area contributed by atoms with E-state index in [4.69, 9.17) is 9.47 Å². The monoisotopic (exact) mass is 488 g/mol. The van der Waals surface area contributed by atoms with Crippen molar-refractivity contribution in [2.45, 2.75) is 19.8 Å². The number of hydrogen-bond acceptors (Lipinski definition) is 4. The summed E-state index contributed by atoms with van der Waals surface area (Å²) in [5.41, 5.74) is 6.99. The predicted octanol–water partition coefficient (Wildman–Crippen LogP) is 6.34. The fourth-order valence-corrected chi connectivity index (χ4v) is 4.65. The Kier molecular flexibility index (Phi) is 5.91. The van der Waals surface area contributed by atoms with Crippen molar-refractivity contribution in [2.75, 3.05) is 0 Å². The Morgan fingerprint density at radius 3 is 2.68 bits per heavy atom. The average molecular weight is 489 g/mol. The fourth-order valence-electron chi connectivity index (χ4n) is 4.65. The average Bonchev–Trinajstić information content (AvgIpc) is 3.26. The van der Waals surface area contributed by atoms with Crippen LogP contribution in [0, 0.1) is 0 Å². The lowest BCUT2D eigenvalue weighted by atomic mass is 9.93. The summed E-state index contributed by atoms with van der Waals surface area (Å²) in [6.07, 6.45) is 3.95. The molecule has 0 spiro atoms. The van der Waals surface area contributed by atoms with E-state index in [1.54, 1.807) is 18.2 Å². The van der Waals surface area contributed by atoms with Crippen molar-refractivity contribution in [1.82, 2.24) is 9.55 Å². The van der Waals surface area contributed by atoms with Crippen LogP contribution in [-0.2, 0) is 19.8 Å². The molecule has 0 aliphatic carbocycles. The number of carbonyl (C=O) groups is 1. The van der Waals surface area contributed by atoms with Gasteiger partial charge in [-0.15, -0.1) is 0 Å². The summed E-state index contributed by atoms with van der Waals surface area (Å²) in [6, 6.07) is 29.0. The minimum absolute atomic E-state index is 0.228. The molecule has 0 amide bonds. The normalized spacial score (nSPS) is 13.5. The molecule has 182 valence electrons. The maximum Gasteiger partial charge on any atom is 0.335 e. The number of aromatic nitrogens is 2. The van der Waals surface area contributed by atoms with E-state index in [1.807, 2.05) is 60.9 Å². The van der Waals surface area contributed by atoms with Gasteiger partial charge >= 0.3 is 5.97 Å². The van der Waals surface area contributed by atoms with Crippen molar-refractivity contribution in [3.63, 3.8) is 0 Å². The molecule has 1 aliphatic heterocycles. The number of allylic oxidation sites excluding steroid dienone is 1. The highest BCUT2D eigenvalue weighted by Gasteiger charge is 2.20. The summed E-state index contributed by atoms with van der Waals surface area (Å²) in [6.45, 7) is 1.46. The largest absolute Gasteiger partial charge is 0.489 e. The number of benzene rings is 4. The zero-order valence-electron chi connectivity index (χ0n) is 20.0. The molecule has 0 saturated heterocycles. The highest BCUT2D eigenvalue weighted by Crippen LogP contribution is 2.37. The molecular weight excluding hydrogens is 464 g/mol. The van der Waals surface area contributed by atoms with Gasteiger partial charge in [-0.3, -0.25) is 0 Å². The van der Waals surface area contributed by atoms with Gasteiger partial charge in [0.1, 0.15) is 24.7 Å². The number of fused-ring (bicyclic) bond motifs is 3. The van der Waals surface area contributed by atoms with E-state index in [0.29, 0.717) is 25.5 Å². The van der Waals surface area contributed by atoms with E-state index < -0.39 is 5.97 Å². The summed E-state index contributed by atoms with van der Waals surface area (Å²) in [4.78, 5) is 16.3. The van der Waals surface area contributed by atoms with Crippen LogP contribution in [0.1, 0.15) is 32.6 Å². The van der Waals surface area contributed by atoms with Gasteiger partial charge in [-0.05, 0) is 64.7 Å². The number of nitrogens with zero attached hydrogens (tertiary/aromatic N) is 2. The molecule has 37 heavy (non-hydrogen) atoms. The van der Waals surface area contributed by atoms with Crippen LogP contribution in [0.5, 0.6) is 11.5 Å². The van der Waals surface area contributed by atoms with E-state index in [-0.39, 0.29) is 5.56 Å². The van der Waals surface area contributed by atoms with Gasteiger partial charge in [-0.2, -0.15) is 0 Å². The van der Waals surface area contributed by atoms with Crippen molar-refractivity contribution < 1.29 is 19.4 Å². The first-order valence-electron chi connectivity index (χ1n) is 12.1. The van der Waals surface area contributed by atoms with E-state index in [2.05, 4.69) is 33.8 Å². The zero-order chi connectivity index (χ0) is 25.2. The molecular formula is C31H24N2O4.